The molecule has 0 saturated carbocycles. The van der Waals surface area contributed by atoms with Gasteiger partial charge in [0.05, 0.1) is 27.2 Å². The molecule has 19 heavy (non-hydrogen) atoms. The van der Waals surface area contributed by atoms with Gasteiger partial charge in [-0.15, -0.1) is 0 Å². The van der Waals surface area contributed by atoms with Crippen molar-refractivity contribution in [1.82, 2.24) is 5.32 Å². The third-order valence-electron chi connectivity index (χ3n) is 2.66. The highest BCUT2D eigenvalue weighted by molar-refractivity contribution is 7.80. The molecular formula is C11H24N2O5S. The molecule has 0 aromatic carbocycles. The molecule has 0 aliphatic rings. The van der Waals surface area contributed by atoms with Crippen molar-refractivity contribution in [3.8, 4) is 0 Å². The monoisotopic (exact) mass is 296 g/mol. The van der Waals surface area contributed by atoms with Crippen LogP contribution in [-0.4, -0.2) is 56.8 Å². The summed E-state index contributed by atoms with van der Waals surface area (Å²) in [5, 5.41) is 2.84. The van der Waals surface area contributed by atoms with Gasteiger partial charge in [0.25, 0.3) is 0 Å². The molecule has 0 fully saturated rings. The van der Waals surface area contributed by atoms with Gasteiger partial charge >= 0.3 is 0 Å². The predicted molar refractivity (Wildman–Crippen MR) is 71.8 cm³/mol. The van der Waals surface area contributed by atoms with Crippen LogP contribution < -0.4 is 5.32 Å². The Morgan fingerprint density at radius 1 is 1.47 bits per heavy atom. The van der Waals surface area contributed by atoms with E-state index >= 15 is 0 Å². The van der Waals surface area contributed by atoms with Crippen molar-refractivity contribution in [3.63, 3.8) is 0 Å². The topological polar surface area (TPSA) is 95.5 Å². The van der Waals surface area contributed by atoms with E-state index in [0.29, 0.717) is 0 Å². The predicted octanol–water partition coefficient (Wildman–Crippen LogP) is 0.214. The van der Waals surface area contributed by atoms with Crippen LogP contribution in [0.4, 0.5) is 0 Å². The molecular weight excluding hydrogens is 272 g/mol. The van der Waals surface area contributed by atoms with Crippen molar-refractivity contribution in [2.24, 2.45) is 0 Å². The smallest absolute Gasteiger partial charge is 0.247 e. The third kappa shape index (κ3) is 11.8. The number of quaternary nitrogens is 1. The first kappa shape index (κ1) is 20.4. The number of hydrogen-bond acceptors (Lipinski definition) is 5. The molecule has 0 aliphatic carbocycles. The first-order valence-electron chi connectivity index (χ1n) is 5.86. The minimum atomic E-state index is -4.42. The molecule has 0 aliphatic heterocycles. The average molecular weight is 296 g/mol. The fourth-order valence-corrected chi connectivity index (χ4v) is 1.15. The lowest BCUT2D eigenvalue weighted by molar-refractivity contribution is -0.913. The zero-order valence-electron chi connectivity index (χ0n) is 12.2. The molecule has 0 heterocycles. The normalized spacial score (nSPS) is 12.9. The van der Waals surface area contributed by atoms with Crippen molar-refractivity contribution >= 4 is 16.3 Å². The Hall–Kier alpha value is -0.960. The van der Waals surface area contributed by atoms with Crippen molar-refractivity contribution in [1.29, 1.82) is 0 Å². The molecule has 0 aromatic rings. The van der Waals surface area contributed by atoms with Crippen molar-refractivity contribution in [3.05, 3.63) is 12.7 Å². The van der Waals surface area contributed by atoms with Crippen LogP contribution in [0, 0.1) is 0 Å². The highest BCUT2D eigenvalue weighted by atomic mass is 32.3. The number of rotatable bonds is 6. The Bertz CT molecular complexity index is 379. The minimum Gasteiger partial charge on any atom is -0.726 e. The summed E-state index contributed by atoms with van der Waals surface area (Å²) in [7, 11) is -0.269. The quantitative estimate of drug-likeness (QED) is 0.249. The van der Waals surface area contributed by atoms with Gasteiger partial charge in [-0.2, -0.15) is 0 Å². The first-order valence-corrected chi connectivity index (χ1v) is 7.19. The van der Waals surface area contributed by atoms with Gasteiger partial charge < -0.3 is 14.4 Å². The molecule has 0 spiro atoms. The number of hydrogen-bond donors (Lipinski definition) is 1. The molecule has 114 valence electrons. The van der Waals surface area contributed by atoms with Gasteiger partial charge in [-0.05, 0) is 19.9 Å². The van der Waals surface area contributed by atoms with E-state index in [0.717, 1.165) is 11.0 Å². The van der Waals surface area contributed by atoms with Crippen LogP contribution in [0.2, 0.25) is 0 Å². The fourth-order valence-electron chi connectivity index (χ4n) is 0.858. The summed E-state index contributed by atoms with van der Waals surface area (Å²) in [6, 6.07) is 0. The van der Waals surface area contributed by atoms with Crippen LogP contribution in [0.15, 0.2) is 12.7 Å². The average Bonchev–Trinajstić information content (AvgIpc) is 2.27. The number of nitrogens with zero attached hydrogens (tertiary/aromatic N) is 1. The Morgan fingerprint density at radius 2 is 1.95 bits per heavy atom. The number of amides is 1. The van der Waals surface area contributed by atoms with E-state index < -0.39 is 10.4 Å². The van der Waals surface area contributed by atoms with E-state index in [1.165, 1.54) is 13.0 Å². The molecule has 0 radical (unpaired) electrons. The third-order valence-corrected chi connectivity index (χ3v) is 3.19. The van der Waals surface area contributed by atoms with Crippen LogP contribution in [-0.2, 0) is 19.4 Å². The summed E-state index contributed by atoms with van der Waals surface area (Å²) in [6.07, 6.45) is 1.42. The van der Waals surface area contributed by atoms with E-state index in [-0.39, 0.29) is 18.7 Å². The Balaban J connectivity index is 0. The second-order valence-corrected chi connectivity index (χ2v) is 5.35. The summed E-state index contributed by atoms with van der Waals surface area (Å²) < 4.78 is 32.8. The van der Waals surface area contributed by atoms with Gasteiger partial charge in [0.15, 0.2) is 6.17 Å². The zero-order valence-corrected chi connectivity index (χ0v) is 13.0. The molecule has 0 rings (SSSR count). The van der Waals surface area contributed by atoms with Crippen LogP contribution in [0.5, 0.6) is 0 Å². The lowest BCUT2D eigenvalue weighted by Gasteiger charge is -2.34. The maximum Gasteiger partial charge on any atom is 0.247 e. The van der Waals surface area contributed by atoms with Gasteiger partial charge in [-0.1, -0.05) is 6.58 Å². The maximum absolute atomic E-state index is 10.9. The zero-order chi connectivity index (χ0) is 15.7. The van der Waals surface area contributed by atoms with Gasteiger partial charge in [0, 0.05) is 6.92 Å². The van der Waals surface area contributed by atoms with E-state index in [1.54, 1.807) is 0 Å². The highest BCUT2D eigenvalue weighted by Gasteiger charge is 2.21. The van der Waals surface area contributed by atoms with Crippen molar-refractivity contribution in [2.45, 2.75) is 26.9 Å². The number of nitrogens with one attached hydrogen (secondary N) is 1. The number of carbonyl (C=O) groups is 1. The molecule has 1 atom stereocenters. The van der Waals surface area contributed by atoms with Gasteiger partial charge in [-0.25, -0.2) is 8.42 Å². The summed E-state index contributed by atoms with van der Waals surface area (Å²) in [5.41, 5.74) is 0. The highest BCUT2D eigenvalue weighted by Crippen LogP contribution is 2.01. The fraction of sp³-hybridized carbons (Fsp3) is 0.727. The Morgan fingerprint density at radius 3 is 2.16 bits per heavy atom. The summed E-state index contributed by atoms with van der Waals surface area (Å²) in [5.74, 6) is -0.109. The van der Waals surface area contributed by atoms with Crippen LogP contribution >= 0.6 is 0 Å². The standard InChI is InChI=1S/C9H18N2O.C2H6O4S/c1-6-9(12)10-8(3)11(4,5)7-2;1-2-6-7(3,4)5/h6,8H,1,7H2,2-5H3;2H2,1H3,(H,3,4,5). The number of carbonyl (C=O) groups excluding carboxylic acids is 1. The first-order chi connectivity index (χ1) is 8.50. The Kier molecular flexibility index (Phi) is 9.67. The SMILES string of the molecule is C=CC(=O)NC(C)[N+](C)(C)CC.CCOS(=O)(=O)[O-]. The molecule has 1 unspecified atom stereocenters. The second kappa shape index (κ2) is 9.03. The van der Waals surface area contributed by atoms with Crippen LogP contribution in [0.25, 0.3) is 0 Å². The van der Waals surface area contributed by atoms with Gasteiger partial charge in [0.2, 0.25) is 16.3 Å². The van der Waals surface area contributed by atoms with Crippen molar-refractivity contribution in [2.75, 3.05) is 27.2 Å². The molecule has 8 heteroatoms. The Labute approximate surface area is 115 Å². The molecule has 7 nitrogen and oxygen atoms in total. The molecule has 1 amide bonds. The maximum atomic E-state index is 10.9. The minimum absolute atomic E-state index is 0.0914. The van der Waals surface area contributed by atoms with E-state index in [2.05, 4.69) is 37.1 Å². The molecule has 0 bridgehead atoms. The molecule has 1 N–H and O–H groups in total. The van der Waals surface area contributed by atoms with Crippen LogP contribution in [0.3, 0.4) is 0 Å². The van der Waals surface area contributed by atoms with E-state index in [1.807, 2.05) is 6.92 Å². The van der Waals surface area contributed by atoms with E-state index in [4.69, 9.17) is 0 Å². The summed E-state index contributed by atoms with van der Waals surface area (Å²) in [6.45, 7) is 9.81. The second-order valence-electron chi connectivity index (χ2n) is 4.30. The van der Waals surface area contributed by atoms with Crippen molar-refractivity contribution < 1.29 is 26.4 Å². The van der Waals surface area contributed by atoms with Gasteiger partial charge in [-0.3, -0.25) is 8.98 Å². The molecule has 0 aromatic heterocycles. The summed E-state index contributed by atoms with van der Waals surface area (Å²) in [4.78, 5) is 10.9. The lowest BCUT2D eigenvalue weighted by Crippen LogP contribution is -2.55. The largest absolute Gasteiger partial charge is 0.726 e. The summed E-state index contributed by atoms with van der Waals surface area (Å²) >= 11 is 0. The van der Waals surface area contributed by atoms with E-state index in [9.17, 15) is 17.8 Å². The molecule has 0 saturated heterocycles. The van der Waals surface area contributed by atoms with Crippen LogP contribution in [0.1, 0.15) is 20.8 Å². The lowest BCUT2D eigenvalue weighted by atomic mass is 10.3. The van der Waals surface area contributed by atoms with Gasteiger partial charge in [0.1, 0.15) is 0 Å².